The Bertz CT molecular complexity index is 1200. The van der Waals surface area contributed by atoms with Gasteiger partial charge < -0.3 is 24.8 Å². The standard InChI is InChI=1S/C29H34N2O4/c1-31-13-12-28-23-19-8-9-21(25(30)32)24(23)35-26(28)29(33-2)11-10-27(28,22(31)14-19)15-20(29)17-34-16-18-6-4-3-5-7-18/h3-9,20,22,26H,10-17H2,1-2H3,(H2,30,32)/t20-,22-,26-,27?,28?,29?/m1/s1. The number of fused-ring (bicyclic) bond motifs is 2. The quantitative estimate of drug-likeness (QED) is 0.694. The van der Waals surface area contributed by atoms with Crippen molar-refractivity contribution in [2.45, 2.75) is 61.9 Å². The molecule has 6 atom stereocenters. The largest absolute Gasteiger partial charge is 0.485 e. The van der Waals surface area contributed by atoms with E-state index in [1.54, 1.807) is 0 Å². The van der Waals surface area contributed by atoms with E-state index in [1.165, 1.54) is 16.7 Å². The summed E-state index contributed by atoms with van der Waals surface area (Å²) in [7, 11) is 4.13. The first-order valence-electron chi connectivity index (χ1n) is 13.0. The molecule has 4 aliphatic carbocycles. The van der Waals surface area contributed by atoms with Crippen molar-refractivity contribution < 1.29 is 19.0 Å². The van der Waals surface area contributed by atoms with Gasteiger partial charge in [-0.15, -0.1) is 0 Å². The molecule has 1 amide bonds. The third kappa shape index (κ3) is 2.53. The Morgan fingerprint density at radius 1 is 1.17 bits per heavy atom. The number of likely N-dealkylation sites (tertiary alicyclic amines) is 1. The molecule has 6 aliphatic rings. The minimum atomic E-state index is -0.443. The van der Waals surface area contributed by atoms with Crippen LogP contribution in [0.4, 0.5) is 0 Å². The van der Waals surface area contributed by atoms with E-state index in [-0.39, 0.29) is 22.9 Å². The van der Waals surface area contributed by atoms with Crippen LogP contribution < -0.4 is 10.5 Å². The number of nitrogens with zero attached hydrogens (tertiary/aromatic N) is 1. The zero-order chi connectivity index (χ0) is 24.0. The molecule has 0 aromatic heterocycles. The van der Waals surface area contributed by atoms with E-state index in [9.17, 15) is 4.79 Å². The average molecular weight is 475 g/mol. The fourth-order valence-corrected chi connectivity index (χ4v) is 9.13. The van der Waals surface area contributed by atoms with Crippen LogP contribution >= 0.6 is 0 Å². The maximum absolute atomic E-state index is 12.4. The minimum absolute atomic E-state index is 0.0836. The van der Waals surface area contributed by atoms with Gasteiger partial charge in [-0.1, -0.05) is 36.4 Å². The summed E-state index contributed by atoms with van der Waals surface area (Å²) in [5.41, 5.74) is 9.65. The van der Waals surface area contributed by atoms with E-state index in [2.05, 4.69) is 42.3 Å². The van der Waals surface area contributed by atoms with Crippen molar-refractivity contribution in [3.05, 3.63) is 64.7 Å². The molecule has 6 heteroatoms. The van der Waals surface area contributed by atoms with Crippen molar-refractivity contribution in [1.29, 1.82) is 0 Å². The van der Waals surface area contributed by atoms with Crippen LogP contribution in [0.5, 0.6) is 5.75 Å². The topological polar surface area (TPSA) is 74.0 Å². The highest BCUT2D eigenvalue weighted by atomic mass is 16.6. The summed E-state index contributed by atoms with van der Waals surface area (Å²) in [4.78, 5) is 15.0. The Labute approximate surface area is 206 Å². The number of primary amides is 1. The van der Waals surface area contributed by atoms with Gasteiger partial charge in [0.25, 0.3) is 5.91 Å². The van der Waals surface area contributed by atoms with Gasteiger partial charge in [-0.2, -0.15) is 0 Å². The predicted molar refractivity (Wildman–Crippen MR) is 131 cm³/mol. The molecule has 1 saturated heterocycles. The van der Waals surface area contributed by atoms with Crippen LogP contribution in [0.15, 0.2) is 42.5 Å². The van der Waals surface area contributed by atoms with Crippen LogP contribution in [-0.4, -0.2) is 55.9 Å². The van der Waals surface area contributed by atoms with E-state index >= 15 is 0 Å². The number of carbonyl (C=O) groups excluding carboxylic acids is 1. The van der Waals surface area contributed by atoms with Gasteiger partial charge in [0.15, 0.2) is 0 Å². The first kappa shape index (κ1) is 21.8. The molecule has 3 unspecified atom stereocenters. The van der Waals surface area contributed by atoms with Gasteiger partial charge in [0.05, 0.1) is 18.8 Å². The first-order valence-corrected chi connectivity index (χ1v) is 13.0. The van der Waals surface area contributed by atoms with E-state index in [0.29, 0.717) is 24.8 Å². The average Bonchev–Trinajstić information content (AvgIpc) is 3.23. The second-order valence-electron chi connectivity index (χ2n) is 11.5. The Morgan fingerprint density at radius 2 is 2.00 bits per heavy atom. The van der Waals surface area contributed by atoms with Crippen LogP contribution in [0.25, 0.3) is 0 Å². The summed E-state index contributed by atoms with van der Waals surface area (Å²) >= 11 is 0. The smallest absolute Gasteiger partial charge is 0.252 e. The molecule has 2 aromatic rings. The van der Waals surface area contributed by atoms with Crippen LogP contribution in [0.3, 0.4) is 0 Å². The molecule has 3 saturated carbocycles. The monoisotopic (exact) mass is 474 g/mol. The van der Waals surface area contributed by atoms with Crippen molar-refractivity contribution in [3.63, 3.8) is 0 Å². The van der Waals surface area contributed by atoms with Crippen LogP contribution in [0.1, 0.15) is 52.7 Å². The third-order valence-electron chi connectivity index (χ3n) is 10.5. The molecule has 184 valence electrons. The van der Waals surface area contributed by atoms with Gasteiger partial charge in [0, 0.05) is 35.5 Å². The lowest BCUT2D eigenvalue weighted by atomic mass is 9.35. The van der Waals surface area contributed by atoms with Gasteiger partial charge in [-0.3, -0.25) is 4.79 Å². The number of hydrogen-bond acceptors (Lipinski definition) is 5. The van der Waals surface area contributed by atoms with Crippen molar-refractivity contribution >= 4 is 5.91 Å². The molecule has 2 aromatic carbocycles. The van der Waals surface area contributed by atoms with Crippen LogP contribution in [-0.2, 0) is 27.9 Å². The second-order valence-corrected chi connectivity index (χ2v) is 11.5. The molecule has 35 heavy (non-hydrogen) atoms. The zero-order valence-electron chi connectivity index (χ0n) is 20.6. The van der Waals surface area contributed by atoms with Gasteiger partial charge in [-0.25, -0.2) is 0 Å². The number of likely N-dealkylation sites (N-methyl/N-ethyl adjacent to an activating group) is 1. The third-order valence-corrected chi connectivity index (χ3v) is 10.5. The lowest BCUT2D eigenvalue weighted by Gasteiger charge is -2.73. The number of nitrogens with two attached hydrogens (primary N) is 1. The van der Waals surface area contributed by atoms with E-state index in [4.69, 9.17) is 19.9 Å². The number of carbonyl (C=O) groups is 1. The summed E-state index contributed by atoms with van der Waals surface area (Å²) in [5, 5.41) is 0. The molecular formula is C29H34N2O4. The summed E-state index contributed by atoms with van der Waals surface area (Å²) in [5.74, 6) is 0.551. The van der Waals surface area contributed by atoms with Crippen molar-refractivity contribution in [3.8, 4) is 5.75 Å². The molecule has 2 N–H and O–H groups in total. The molecule has 4 fully saturated rings. The number of hydrogen-bond donors (Lipinski definition) is 1. The number of amides is 1. The lowest BCUT2D eigenvalue weighted by molar-refractivity contribution is -0.282. The van der Waals surface area contributed by atoms with Crippen LogP contribution in [0, 0.1) is 11.3 Å². The first-order chi connectivity index (χ1) is 17.0. The highest BCUT2D eigenvalue weighted by molar-refractivity contribution is 5.97. The Morgan fingerprint density at radius 3 is 2.77 bits per heavy atom. The van der Waals surface area contributed by atoms with E-state index < -0.39 is 11.5 Å². The molecule has 2 heterocycles. The van der Waals surface area contributed by atoms with Gasteiger partial charge in [0.2, 0.25) is 0 Å². The molecular weight excluding hydrogens is 440 g/mol. The van der Waals surface area contributed by atoms with Crippen molar-refractivity contribution in [2.24, 2.45) is 17.1 Å². The summed E-state index contributed by atoms with van der Waals surface area (Å²) in [6.07, 6.45) is 5.02. The summed E-state index contributed by atoms with van der Waals surface area (Å²) in [6.45, 7) is 2.27. The Kier molecular flexibility index (Phi) is 4.56. The molecule has 2 spiro atoms. The van der Waals surface area contributed by atoms with E-state index in [0.717, 1.165) is 44.4 Å². The molecule has 8 rings (SSSR count). The van der Waals surface area contributed by atoms with Crippen LogP contribution in [0.2, 0.25) is 0 Å². The lowest BCUT2D eigenvalue weighted by Crippen LogP contribution is -2.81. The van der Waals surface area contributed by atoms with Gasteiger partial charge in [-0.05, 0) is 62.9 Å². The predicted octanol–water partition coefficient (Wildman–Crippen LogP) is 3.45. The highest BCUT2D eigenvalue weighted by Gasteiger charge is 2.80. The highest BCUT2D eigenvalue weighted by Crippen LogP contribution is 2.76. The number of benzene rings is 2. The summed E-state index contributed by atoms with van der Waals surface area (Å²) < 4.78 is 19.8. The molecule has 4 bridgehead atoms. The minimum Gasteiger partial charge on any atom is -0.485 e. The normalized spacial score (nSPS) is 38.2. The van der Waals surface area contributed by atoms with Crippen molar-refractivity contribution in [2.75, 3.05) is 27.3 Å². The molecule has 6 nitrogen and oxygen atoms in total. The number of piperidine rings is 1. The number of ether oxygens (including phenoxy) is 3. The molecule has 2 aliphatic heterocycles. The Balaban J connectivity index is 1.34. The van der Waals surface area contributed by atoms with E-state index in [1.807, 2.05) is 19.2 Å². The van der Waals surface area contributed by atoms with Crippen molar-refractivity contribution in [1.82, 2.24) is 4.90 Å². The van der Waals surface area contributed by atoms with Gasteiger partial charge >= 0.3 is 0 Å². The fraction of sp³-hybridized carbons (Fsp3) is 0.552. The molecule has 0 radical (unpaired) electrons. The Hall–Kier alpha value is -2.41. The summed E-state index contributed by atoms with van der Waals surface area (Å²) in [6, 6.07) is 14.8. The maximum atomic E-state index is 12.4. The number of methoxy groups -OCH3 is 1. The van der Waals surface area contributed by atoms with Gasteiger partial charge in [0.1, 0.15) is 17.5 Å². The zero-order valence-corrected chi connectivity index (χ0v) is 20.6. The maximum Gasteiger partial charge on any atom is 0.252 e. The SMILES string of the molecule is COC12CCC3(C[C@@H]1COCc1ccccc1)[C@H]1Cc4ccc(C(N)=O)c5c4C3(CCN1C)[C@H]2O5. The fourth-order valence-electron chi connectivity index (χ4n) is 9.13. The second kappa shape index (κ2) is 7.31. The number of rotatable bonds is 6.